The fraction of sp³-hybridized carbons (Fsp3) is 0.909. The van der Waals surface area contributed by atoms with Crippen LogP contribution in [0.2, 0.25) is 0 Å². The molecule has 0 aromatic rings. The highest BCUT2D eigenvalue weighted by molar-refractivity contribution is 5.78. The number of hydrogen-bond acceptors (Lipinski definition) is 3. The van der Waals surface area contributed by atoms with Crippen LogP contribution in [0.25, 0.3) is 0 Å². The molecule has 1 aliphatic rings. The summed E-state index contributed by atoms with van der Waals surface area (Å²) in [5.74, 6) is 0.911. The molecule has 0 spiro atoms. The predicted molar refractivity (Wildman–Crippen MR) is 56.1 cm³/mol. The average Bonchev–Trinajstić information content (AvgIpc) is 2.19. The number of nitrogens with zero attached hydrogens (tertiary/aromatic N) is 1. The second-order valence-corrected chi connectivity index (χ2v) is 4.44. The lowest BCUT2D eigenvalue weighted by molar-refractivity contribution is -0.120. The molecule has 82 valence electrons. The molecular weight excluding hydrogens is 178 g/mol. The topological polar surface area (TPSA) is 40.5 Å². The van der Waals surface area contributed by atoms with Gasteiger partial charge in [-0.15, -0.1) is 0 Å². The van der Waals surface area contributed by atoms with Crippen molar-refractivity contribution in [3.05, 3.63) is 0 Å². The summed E-state index contributed by atoms with van der Waals surface area (Å²) in [6, 6.07) is 0. The molecule has 1 rings (SSSR count). The summed E-state index contributed by atoms with van der Waals surface area (Å²) < 4.78 is 0. The molecule has 1 heterocycles. The van der Waals surface area contributed by atoms with E-state index in [1.807, 2.05) is 6.92 Å². The Kier molecular flexibility index (Phi) is 4.55. The maximum absolute atomic E-state index is 11.1. The molecule has 0 amide bonds. The number of rotatable bonds is 4. The number of carbonyl (C=O) groups excluding carboxylic acids is 1. The van der Waals surface area contributed by atoms with Crippen LogP contribution in [0.4, 0.5) is 0 Å². The summed E-state index contributed by atoms with van der Waals surface area (Å²) in [6.45, 7) is 6.90. The summed E-state index contributed by atoms with van der Waals surface area (Å²) in [5, 5.41) is 8.97. The predicted octanol–water partition coefficient (Wildman–Crippen LogP) is 0.916. The van der Waals surface area contributed by atoms with Gasteiger partial charge >= 0.3 is 0 Å². The average molecular weight is 199 g/mol. The summed E-state index contributed by atoms with van der Waals surface area (Å²) in [7, 11) is 0. The number of ketones is 1. The third-order valence-corrected chi connectivity index (χ3v) is 3.19. The summed E-state index contributed by atoms with van der Waals surface area (Å²) in [5.41, 5.74) is 0. The monoisotopic (exact) mass is 199 g/mol. The van der Waals surface area contributed by atoms with E-state index in [0.717, 1.165) is 32.5 Å². The minimum atomic E-state index is 0.153. The third-order valence-electron chi connectivity index (χ3n) is 3.19. The van der Waals surface area contributed by atoms with E-state index >= 15 is 0 Å². The van der Waals surface area contributed by atoms with E-state index in [4.69, 9.17) is 5.11 Å². The largest absolute Gasteiger partial charge is 0.396 e. The van der Waals surface area contributed by atoms with Gasteiger partial charge in [0.1, 0.15) is 5.78 Å². The lowest BCUT2D eigenvalue weighted by atomic mass is 9.96. The molecule has 3 nitrogen and oxygen atoms in total. The molecular formula is C11H21NO2. The van der Waals surface area contributed by atoms with Gasteiger partial charge < -0.3 is 10.0 Å². The van der Waals surface area contributed by atoms with Crippen LogP contribution < -0.4 is 0 Å². The second-order valence-electron chi connectivity index (χ2n) is 4.44. The Morgan fingerprint density at radius 3 is 2.50 bits per heavy atom. The number of carbonyl (C=O) groups is 1. The Bertz CT molecular complexity index is 186. The summed E-state index contributed by atoms with van der Waals surface area (Å²) in [6.07, 6.45) is 2.14. The van der Waals surface area contributed by atoms with Crippen molar-refractivity contribution in [2.45, 2.75) is 26.7 Å². The highest BCUT2D eigenvalue weighted by Crippen LogP contribution is 2.17. The van der Waals surface area contributed by atoms with Gasteiger partial charge in [-0.25, -0.2) is 0 Å². The number of aliphatic hydroxyl groups is 1. The van der Waals surface area contributed by atoms with Gasteiger partial charge in [0.15, 0.2) is 0 Å². The Hall–Kier alpha value is -0.410. The van der Waals surface area contributed by atoms with Crippen LogP contribution in [0, 0.1) is 11.8 Å². The first kappa shape index (κ1) is 11.7. The van der Waals surface area contributed by atoms with Crippen LogP contribution in [0.1, 0.15) is 26.7 Å². The quantitative estimate of drug-likeness (QED) is 0.732. The van der Waals surface area contributed by atoms with Gasteiger partial charge in [0.2, 0.25) is 0 Å². The SMILES string of the molecule is CC(=O)C(C)CN1CCC(CO)CC1. The standard InChI is InChI=1S/C11H21NO2/c1-9(10(2)14)7-12-5-3-11(8-13)4-6-12/h9,11,13H,3-8H2,1-2H3. The minimum absolute atomic E-state index is 0.153. The first-order valence-corrected chi connectivity index (χ1v) is 5.47. The van der Waals surface area contributed by atoms with E-state index in [1.54, 1.807) is 6.92 Å². The van der Waals surface area contributed by atoms with Crippen molar-refractivity contribution < 1.29 is 9.90 Å². The van der Waals surface area contributed by atoms with Crippen LogP contribution in [-0.2, 0) is 4.79 Å². The molecule has 14 heavy (non-hydrogen) atoms. The fourth-order valence-corrected chi connectivity index (χ4v) is 1.87. The molecule has 0 aliphatic carbocycles. The van der Waals surface area contributed by atoms with Crippen molar-refractivity contribution in [3.8, 4) is 0 Å². The number of hydrogen-bond donors (Lipinski definition) is 1. The Labute approximate surface area is 86.1 Å². The van der Waals surface area contributed by atoms with Crippen molar-refractivity contribution in [3.63, 3.8) is 0 Å². The number of Topliss-reactive ketones (excluding diaryl/α,β-unsaturated/α-hetero) is 1. The zero-order valence-electron chi connectivity index (χ0n) is 9.20. The molecule has 1 unspecified atom stereocenters. The molecule has 3 heteroatoms. The van der Waals surface area contributed by atoms with E-state index in [-0.39, 0.29) is 11.7 Å². The smallest absolute Gasteiger partial charge is 0.133 e. The molecule has 1 atom stereocenters. The molecule has 0 saturated carbocycles. The number of aliphatic hydroxyl groups excluding tert-OH is 1. The van der Waals surface area contributed by atoms with Crippen molar-refractivity contribution in [1.82, 2.24) is 4.90 Å². The molecule has 0 aromatic carbocycles. The molecule has 1 saturated heterocycles. The van der Waals surface area contributed by atoms with Crippen LogP contribution >= 0.6 is 0 Å². The lowest BCUT2D eigenvalue weighted by Crippen LogP contribution is -2.38. The lowest BCUT2D eigenvalue weighted by Gasteiger charge is -2.32. The van der Waals surface area contributed by atoms with Gasteiger partial charge in [0, 0.05) is 19.1 Å². The zero-order chi connectivity index (χ0) is 10.6. The Morgan fingerprint density at radius 2 is 2.07 bits per heavy atom. The third kappa shape index (κ3) is 3.39. The van der Waals surface area contributed by atoms with E-state index in [1.165, 1.54) is 0 Å². The van der Waals surface area contributed by atoms with Crippen LogP contribution in [0.15, 0.2) is 0 Å². The number of piperidine rings is 1. The van der Waals surface area contributed by atoms with Gasteiger partial charge in [-0.1, -0.05) is 6.92 Å². The second kappa shape index (κ2) is 5.47. The van der Waals surface area contributed by atoms with Crippen molar-refractivity contribution in [1.29, 1.82) is 0 Å². The van der Waals surface area contributed by atoms with E-state index in [9.17, 15) is 4.79 Å². The van der Waals surface area contributed by atoms with Gasteiger partial charge in [-0.05, 0) is 38.8 Å². The maximum Gasteiger partial charge on any atom is 0.133 e. The van der Waals surface area contributed by atoms with Gasteiger partial charge in [-0.3, -0.25) is 4.79 Å². The minimum Gasteiger partial charge on any atom is -0.396 e. The Balaban J connectivity index is 2.25. The van der Waals surface area contributed by atoms with Gasteiger partial charge in [0.05, 0.1) is 0 Å². The normalized spacial score (nSPS) is 22.2. The summed E-state index contributed by atoms with van der Waals surface area (Å²) >= 11 is 0. The van der Waals surface area contributed by atoms with Crippen molar-refractivity contribution in [2.24, 2.45) is 11.8 Å². The first-order valence-electron chi connectivity index (χ1n) is 5.47. The molecule has 0 bridgehead atoms. The van der Waals surface area contributed by atoms with Crippen LogP contribution in [0.5, 0.6) is 0 Å². The summed E-state index contributed by atoms with van der Waals surface area (Å²) in [4.78, 5) is 13.4. The first-order chi connectivity index (χ1) is 6.63. The van der Waals surface area contributed by atoms with E-state index < -0.39 is 0 Å². The molecule has 0 aromatic heterocycles. The molecule has 1 aliphatic heterocycles. The Morgan fingerprint density at radius 1 is 1.50 bits per heavy atom. The zero-order valence-corrected chi connectivity index (χ0v) is 9.20. The fourth-order valence-electron chi connectivity index (χ4n) is 1.87. The van der Waals surface area contributed by atoms with E-state index in [2.05, 4.69) is 4.90 Å². The van der Waals surface area contributed by atoms with E-state index in [0.29, 0.717) is 12.5 Å². The maximum atomic E-state index is 11.1. The number of likely N-dealkylation sites (tertiary alicyclic amines) is 1. The molecule has 1 N–H and O–H groups in total. The van der Waals surface area contributed by atoms with Crippen LogP contribution in [-0.4, -0.2) is 42.0 Å². The van der Waals surface area contributed by atoms with Crippen molar-refractivity contribution in [2.75, 3.05) is 26.2 Å². The van der Waals surface area contributed by atoms with Gasteiger partial charge in [0.25, 0.3) is 0 Å². The van der Waals surface area contributed by atoms with Gasteiger partial charge in [-0.2, -0.15) is 0 Å². The highest BCUT2D eigenvalue weighted by Gasteiger charge is 2.20. The highest BCUT2D eigenvalue weighted by atomic mass is 16.3. The molecule has 0 radical (unpaired) electrons. The molecule has 1 fully saturated rings. The van der Waals surface area contributed by atoms with Crippen LogP contribution in [0.3, 0.4) is 0 Å². The van der Waals surface area contributed by atoms with Crippen molar-refractivity contribution >= 4 is 5.78 Å².